The van der Waals surface area contributed by atoms with Gasteiger partial charge in [0, 0.05) is 24.2 Å². The van der Waals surface area contributed by atoms with Gasteiger partial charge in [0.15, 0.2) is 0 Å². The molecule has 128 valence electrons. The minimum Gasteiger partial charge on any atom is -0.325 e. The maximum atomic E-state index is 13.4. The van der Waals surface area contributed by atoms with Crippen molar-refractivity contribution >= 4 is 11.6 Å². The van der Waals surface area contributed by atoms with Crippen molar-refractivity contribution in [2.45, 2.75) is 31.2 Å². The Morgan fingerprint density at radius 2 is 1.80 bits per heavy atom. The number of benzene rings is 2. The Labute approximate surface area is 149 Å². The third-order valence-electron chi connectivity index (χ3n) is 5.65. The highest BCUT2D eigenvalue weighted by Gasteiger charge is 2.61. The van der Waals surface area contributed by atoms with Crippen LogP contribution in [0.4, 0.5) is 5.69 Å². The molecule has 2 aliphatic heterocycles. The van der Waals surface area contributed by atoms with Crippen LogP contribution >= 0.6 is 0 Å². The van der Waals surface area contributed by atoms with Gasteiger partial charge in [-0.25, -0.2) is 0 Å². The van der Waals surface area contributed by atoms with Crippen molar-refractivity contribution in [2.75, 3.05) is 18.9 Å². The van der Waals surface area contributed by atoms with E-state index in [-0.39, 0.29) is 17.9 Å². The maximum Gasteiger partial charge on any atom is 0.237 e. The third kappa shape index (κ3) is 2.26. The van der Waals surface area contributed by atoms with Gasteiger partial charge in [-0.05, 0) is 38.1 Å². The van der Waals surface area contributed by atoms with E-state index in [1.807, 2.05) is 24.3 Å². The molecule has 3 atom stereocenters. The number of allylic oxidation sites excluding steroid dienone is 1. The number of likely N-dealkylation sites (N-methyl/N-ethyl adjacent to an activating group) is 1. The molecular weight excluding hydrogens is 308 g/mol. The summed E-state index contributed by atoms with van der Waals surface area (Å²) in [6.45, 7) is 5.08. The lowest BCUT2D eigenvalue weighted by molar-refractivity contribution is -0.121. The topological polar surface area (TPSA) is 32.3 Å². The predicted molar refractivity (Wildman–Crippen MR) is 102 cm³/mol. The van der Waals surface area contributed by atoms with Crippen LogP contribution in [0.25, 0.3) is 0 Å². The molecule has 0 radical (unpaired) electrons. The van der Waals surface area contributed by atoms with E-state index in [1.54, 1.807) is 0 Å². The molecule has 1 fully saturated rings. The van der Waals surface area contributed by atoms with Crippen molar-refractivity contribution in [2.24, 2.45) is 0 Å². The van der Waals surface area contributed by atoms with E-state index in [0.29, 0.717) is 0 Å². The summed E-state index contributed by atoms with van der Waals surface area (Å²) < 4.78 is 0. The Hall–Kier alpha value is -2.39. The fourth-order valence-corrected chi connectivity index (χ4v) is 4.67. The quantitative estimate of drug-likeness (QED) is 0.845. The zero-order chi connectivity index (χ0) is 17.6. The number of likely N-dealkylation sites (tertiary alicyclic amines) is 1. The molecule has 2 heterocycles. The van der Waals surface area contributed by atoms with Gasteiger partial charge in [-0.1, -0.05) is 60.2 Å². The minimum absolute atomic E-state index is 0.0476. The number of para-hydroxylation sites is 1. The molecule has 0 unspecified atom stereocenters. The molecular formula is C22H24N2O. The first kappa shape index (κ1) is 16.1. The number of amides is 1. The second kappa shape index (κ2) is 5.85. The van der Waals surface area contributed by atoms with Crippen LogP contribution in [0.3, 0.4) is 0 Å². The number of anilines is 1. The van der Waals surface area contributed by atoms with Crippen LogP contribution in [0.2, 0.25) is 0 Å². The second-order valence-corrected chi connectivity index (χ2v) is 7.46. The minimum atomic E-state index is -0.579. The van der Waals surface area contributed by atoms with Crippen LogP contribution in [-0.2, 0) is 10.2 Å². The van der Waals surface area contributed by atoms with Crippen LogP contribution in [0.15, 0.2) is 66.2 Å². The average molecular weight is 332 g/mol. The van der Waals surface area contributed by atoms with E-state index in [9.17, 15) is 4.79 Å². The number of hydrogen-bond donors (Lipinski definition) is 1. The van der Waals surface area contributed by atoms with E-state index in [1.165, 1.54) is 11.1 Å². The smallest absolute Gasteiger partial charge is 0.237 e. The van der Waals surface area contributed by atoms with Crippen LogP contribution in [0.5, 0.6) is 0 Å². The first-order valence-electron chi connectivity index (χ1n) is 8.86. The summed E-state index contributed by atoms with van der Waals surface area (Å²) in [6, 6.07) is 18.7. The number of hydrogen-bond acceptors (Lipinski definition) is 2. The summed E-state index contributed by atoms with van der Waals surface area (Å²) in [7, 11) is 2.13. The molecule has 0 aliphatic carbocycles. The van der Waals surface area contributed by atoms with E-state index < -0.39 is 5.41 Å². The van der Waals surface area contributed by atoms with Gasteiger partial charge >= 0.3 is 0 Å². The predicted octanol–water partition coefficient (Wildman–Crippen LogP) is 3.94. The average Bonchev–Trinajstić information content (AvgIpc) is 3.06. The molecule has 1 saturated heterocycles. The van der Waals surface area contributed by atoms with Crippen LogP contribution < -0.4 is 5.32 Å². The third-order valence-corrected chi connectivity index (χ3v) is 5.65. The van der Waals surface area contributed by atoms with Crippen molar-refractivity contribution in [1.82, 2.24) is 4.90 Å². The molecule has 1 spiro atoms. The normalized spacial score (nSPS) is 28.0. The maximum absolute atomic E-state index is 13.4. The summed E-state index contributed by atoms with van der Waals surface area (Å²) in [5, 5.41) is 3.16. The van der Waals surface area contributed by atoms with E-state index in [4.69, 9.17) is 0 Å². The summed E-state index contributed by atoms with van der Waals surface area (Å²) >= 11 is 0. The van der Waals surface area contributed by atoms with Gasteiger partial charge in [-0.3, -0.25) is 9.69 Å². The number of carbonyl (C=O) groups excluding carboxylic acids is 1. The van der Waals surface area contributed by atoms with Gasteiger partial charge < -0.3 is 5.32 Å². The Balaban J connectivity index is 1.98. The molecule has 2 aliphatic rings. The Morgan fingerprint density at radius 3 is 2.52 bits per heavy atom. The van der Waals surface area contributed by atoms with Gasteiger partial charge in [0.2, 0.25) is 5.91 Å². The monoisotopic (exact) mass is 332 g/mol. The van der Waals surface area contributed by atoms with Gasteiger partial charge in [0.1, 0.15) is 5.41 Å². The molecule has 2 aromatic rings. The van der Waals surface area contributed by atoms with E-state index in [0.717, 1.165) is 17.8 Å². The Kier molecular flexibility index (Phi) is 3.77. The van der Waals surface area contributed by atoms with Gasteiger partial charge in [-0.15, -0.1) is 0 Å². The largest absolute Gasteiger partial charge is 0.325 e. The molecule has 1 amide bonds. The summed E-state index contributed by atoms with van der Waals surface area (Å²) in [6.07, 6.45) is 2.25. The van der Waals surface area contributed by atoms with E-state index in [2.05, 4.69) is 67.5 Å². The zero-order valence-corrected chi connectivity index (χ0v) is 15.0. The fourth-order valence-electron chi connectivity index (χ4n) is 4.67. The number of nitrogens with one attached hydrogen (secondary N) is 1. The lowest BCUT2D eigenvalue weighted by Gasteiger charge is -2.34. The van der Waals surface area contributed by atoms with E-state index >= 15 is 0 Å². The van der Waals surface area contributed by atoms with Crippen LogP contribution in [0, 0.1) is 0 Å². The molecule has 2 aromatic carbocycles. The SMILES string of the molecule is CC(C)=C[C@@H]1N(C)C[C@H](c2ccccc2)[C@@]12C(=O)Nc1ccccc12. The van der Waals surface area contributed by atoms with Gasteiger partial charge in [0.05, 0.1) is 0 Å². The first-order chi connectivity index (χ1) is 12.0. The van der Waals surface area contributed by atoms with Crippen LogP contribution in [0.1, 0.15) is 30.9 Å². The molecule has 3 heteroatoms. The molecule has 1 N–H and O–H groups in total. The summed E-state index contributed by atoms with van der Waals surface area (Å²) in [5.74, 6) is 0.248. The first-order valence-corrected chi connectivity index (χ1v) is 8.86. The summed E-state index contributed by atoms with van der Waals surface area (Å²) in [4.78, 5) is 15.7. The highest BCUT2D eigenvalue weighted by molar-refractivity contribution is 6.08. The molecule has 25 heavy (non-hydrogen) atoms. The number of rotatable bonds is 2. The van der Waals surface area contributed by atoms with Crippen molar-refractivity contribution < 1.29 is 4.79 Å². The van der Waals surface area contributed by atoms with Crippen molar-refractivity contribution in [3.63, 3.8) is 0 Å². The lowest BCUT2D eigenvalue weighted by Crippen LogP contribution is -2.47. The Bertz CT molecular complexity index is 838. The number of nitrogens with zero attached hydrogens (tertiary/aromatic N) is 1. The number of fused-ring (bicyclic) bond motifs is 2. The van der Waals surface area contributed by atoms with Crippen molar-refractivity contribution in [3.8, 4) is 0 Å². The zero-order valence-electron chi connectivity index (χ0n) is 15.0. The molecule has 4 rings (SSSR count). The summed E-state index contributed by atoms with van der Waals surface area (Å²) in [5.41, 5.74) is 3.97. The highest BCUT2D eigenvalue weighted by atomic mass is 16.2. The fraction of sp³-hybridized carbons (Fsp3) is 0.318. The Morgan fingerprint density at radius 1 is 1.12 bits per heavy atom. The second-order valence-electron chi connectivity index (χ2n) is 7.46. The highest BCUT2D eigenvalue weighted by Crippen LogP contribution is 2.55. The molecule has 0 saturated carbocycles. The number of carbonyl (C=O) groups is 1. The van der Waals surface area contributed by atoms with Gasteiger partial charge in [-0.2, -0.15) is 0 Å². The van der Waals surface area contributed by atoms with Crippen molar-refractivity contribution in [1.29, 1.82) is 0 Å². The molecule has 3 nitrogen and oxygen atoms in total. The molecule has 0 aromatic heterocycles. The van der Waals surface area contributed by atoms with Crippen molar-refractivity contribution in [3.05, 3.63) is 77.4 Å². The lowest BCUT2D eigenvalue weighted by atomic mass is 9.66. The van der Waals surface area contributed by atoms with Gasteiger partial charge in [0.25, 0.3) is 0 Å². The standard InChI is InChI=1S/C22H24N2O/c1-15(2)13-20-22(17-11-7-8-12-19(17)23-21(22)25)18(14-24(20)3)16-9-5-4-6-10-16/h4-13,18,20H,14H2,1-3H3,(H,23,25)/t18-,20+,22-/m1/s1. The molecule has 0 bridgehead atoms. The van der Waals surface area contributed by atoms with Crippen LogP contribution in [-0.4, -0.2) is 30.4 Å².